The predicted octanol–water partition coefficient (Wildman–Crippen LogP) is 2.49. The normalized spacial score (nSPS) is 16.5. The van der Waals surface area contributed by atoms with Gasteiger partial charge in [0.05, 0.1) is 6.42 Å². The zero-order valence-corrected chi connectivity index (χ0v) is 16.6. The Morgan fingerprint density at radius 2 is 1.90 bits per heavy atom. The molecular weight excluding hydrogens is 382 g/mol. The summed E-state index contributed by atoms with van der Waals surface area (Å²) >= 11 is 0. The number of fused-ring (bicyclic) bond motifs is 1. The Morgan fingerprint density at radius 1 is 1.17 bits per heavy atom. The van der Waals surface area contributed by atoms with Gasteiger partial charge in [0.2, 0.25) is 17.7 Å². The van der Waals surface area contributed by atoms with Crippen LogP contribution >= 0.6 is 0 Å². The maximum absolute atomic E-state index is 12.2. The van der Waals surface area contributed by atoms with Crippen LogP contribution in [-0.2, 0) is 27.3 Å². The molecule has 0 saturated carbocycles. The molecule has 1 aliphatic rings. The van der Waals surface area contributed by atoms with Crippen LogP contribution < -0.4 is 10.6 Å². The lowest BCUT2D eigenvalue weighted by molar-refractivity contribution is -0.135. The average Bonchev–Trinajstić information content (AvgIpc) is 3.04. The van der Waals surface area contributed by atoms with Gasteiger partial charge in [0.25, 0.3) is 0 Å². The zero-order valence-electron chi connectivity index (χ0n) is 16.6. The first-order valence-corrected chi connectivity index (χ1v) is 9.89. The molecule has 1 fully saturated rings. The van der Waals surface area contributed by atoms with Gasteiger partial charge in [0.1, 0.15) is 6.04 Å². The van der Waals surface area contributed by atoms with Crippen LogP contribution in [0, 0.1) is 6.92 Å². The highest BCUT2D eigenvalue weighted by Gasteiger charge is 2.30. The molecule has 154 valence electrons. The third-order valence-corrected chi connectivity index (χ3v) is 5.40. The molecule has 0 radical (unpaired) electrons. The maximum Gasteiger partial charge on any atom is 0.249 e. The first-order chi connectivity index (χ1) is 14.4. The van der Waals surface area contributed by atoms with Gasteiger partial charge >= 0.3 is 0 Å². The molecular formula is C23H23N3O4. The highest BCUT2D eigenvalue weighted by molar-refractivity contribution is 6.00. The van der Waals surface area contributed by atoms with Crippen LogP contribution in [0.15, 0.2) is 48.7 Å². The highest BCUT2D eigenvalue weighted by Crippen LogP contribution is 2.33. The average molecular weight is 405 g/mol. The molecule has 0 aliphatic carbocycles. The van der Waals surface area contributed by atoms with Crippen LogP contribution in [0.5, 0.6) is 5.88 Å². The van der Waals surface area contributed by atoms with Crippen LogP contribution in [0.1, 0.15) is 35.6 Å². The number of amides is 3. The first-order valence-electron chi connectivity index (χ1n) is 9.89. The number of imide groups is 1. The Labute approximate surface area is 173 Å². The standard InChI is InChI=1S/C23H23N3O4/c1-14-2-4-15(5-3-14)11-21(28)24-12-16-6-7-18-17(10-16)13-26(23(18)30)19-8-9-20(27)25-22(19)29/h2-7,10,13,19,30H,8-9,11-12H2,1H3,(H,24,28)(H,25,27,29). The fourth-order valence-electron chi connectivity index (χ4n) is 3.72. The Hall–Kier alpha value is -3.61. The monoisotopic (exact) mass is 405 g/mol. The quantitative estimate of drug-likeness (QED) is 0.568. The summed E-state index contributed by atoms with van der Waals surface area (Å²) in [6.07, 6.45) is 2.61. The second kappa shape index (κ2) is 8.02. The zero-order chi connectivity index (χ0) is 21.3. The SMILES string of the molecule is Cc1ccc(CC(=O)NCc2ccc3c(O)n(C4CCC(=O)NC4=O)cc3c2)cc1. The lowest BCUT2D eigenvalue weighted by Crippen LogP contribution is -2.41. The number of carbonyl (C=O) groups is 3. The van der Waals surface area contributed by atoms with Crippen molar-refractivity contribution in [2.45, 2.75) is 38.8 Å². The summed E-state index contributed by atoms with van der Waals surface area (Å²) in [6.45, 7) is 2.37. The molecule has 7 nitrogen and oxygen atoms in total. The lowest BCUT2D eigenvalue weighted by Gasteiger charge is -2.22. The van der Waals surface area contributed by atoms with E-state index in [0.29, 0.717) is 24.8 Å². The summed E-state index contributed by atoms with van der Waals surface area (Å²) in [6, 6.07) is 12.7. The number of piperidine rings is 1. The summed E-state index contributed by atoms with van der Waals surface area (Å²) < 4.78 is 1.51. The molecule has 7 heteroatoms. The summed E-state index contributed by atoms with van der Waals surface area (Å²) in [5.41, 5.74) is 3.00. The third kappa shape index (κ3) is 4.05. The molecule has 2 heterocycles. The first kappa shape index (κ1) is 19.7. The minimum atomic E-state index is -0.618. The fourth-order valence-corrected chi connectivity index (χ4v) is 3.72. The summed E-state index contributed by atoms with van der Waals surface area (Å²) in [7, 11) is 0. The number of nitrogens with zero attached hydrogens (tertiary/aromatic N) is 1. The van der Waals surface area contributed by atoms with Crippen LogP contribution in [0.4, 0.5) is 0 Å². The topological polar surface area (TPSA) is 100 Å². The molecule has 3 amide bonds. The maximum atomic E-state index is 12.2. The molecule has 0 bridgehead atoms. The molecule has 1 atom stereocenters. The van der Waals surface area contributed by atoms with Crippen molar-refractivity contribution in [2.24, 2.45) is 0 Å². The lowest BCUT2D eigenvalue weighted by atomic mass is 10.1. The van der Waals surface area contributed by atoms with Gasteiger partial charge in [0.15, 0.2) is 5.88 Å². The van der Waals surface area contributed by atoms with Gasteiger partial charge in [0, 0.05) is 29.9 Å². The van der Waals surface area contributed by atoms with Crippen LogP contribution in [0.3, 0.4) is 0 Å². The van der Waals surface area contributed by atoms with E-state index in [1.54, 1.807) is 12.3 Å². The molecule has 2 aromatic carbocycles. The number of rotatable bonds is 5. The number of hydrogen-bond acceptors (Lipinski definition) is 4. The van der Waals surface area contributed by atoms with Crippen molar-refractivity contribution in [3.63, 3.8) is 0 Å². The van der Waals surface area contributed by atoms with Crippen LogP contribution in [-0.4, -0.2) is 27.4 Å². The second-order valence-electron chi connectivity index (χ2n) is 7.69. The van der Waals surface area contributed by atoms with Gasteiger partial charge in [-0.2, -0.15) is 0 Å². The molecule has 1 saturated heterocycles. The predicted molar refractivity (Wildman–Crippen MR) is 112 cm³/mol. The van der Waals surface area contributed by atoms with Crippen molar-refractivity contribution in [1.82, 2.24) is 15.2 Å². The van der Waals surface area contributed by atoms with Crippen LogP contribution in [0.2, 0.25) is 0 Å². The number of nitrogens with one attached hydrogen (secondary N) is 2. The summed E-state index contributed by atoms with van der Waals surface area (Å²) in [5.74, 6) is -0.779. The Morgan fingerprint density at radius 3 is 2.63 bits per heavy atom. The van der Waals surface area contributed by atoms with E-state index >= 15 is 0 Å². The Balaban J connectivity index is 1.45. The van der Waals surface area contributed by atoms with Gasteiger partial charge in [-0.25, -0.2) is 0 Å². The molecule has 1 unspecified atom stereocenters. The summed E-state index contributed by atoms with van der Waals surface area (Å²) in [5, 5.41) is 17.2. The highest BCUT2D eigenvalue weighted by atomic mass is 16.3. The van der Waals surface area contributed by atoms with E-state index in [9.17, 15) is 19.5 Å². The minimum absolute atomic E-state index is 0.00513. The summed E-state index contributed by atoms with van der Waals surface area (Å²) in [4.78, 5) is 35.7. The van der Waals surface area contributed by atoms with E-state index in [4.69, 9.17) is 0 Å². The second-order valence-corrected chi connectivity index (χ2v) is 7.69. The van der Waals surface area contributed by atoms with Crippen molar-refractivity contribution in [3.8, 4) is 5.88 Å². The Kier molecular flexibility index (Phi) is 5.27. The van der Waals surface area contributed by atoms with Gasteiger partial charge in [-0.1, -0.05) is 35.9 Å². The van der Waals surface area contributed by atoms with Gasteiger partial charge in [-0.05, 0) is 36.6 Å². The van der Waals surface area contributed by atoms with Crippen molar-refractivity contribution < 1.29 is 19.5 Å². The molecule has 1 aromatic heterocycles. The minimum Gasteiger partial charge on any atom is -0.494 e. The number of aryl methyl sites for hydroxylation is 1. The Bertz CT molecular complexity index is 1130. The largest absolute Gasteiger partial charge is 0.494 e. The van der Waals surface area contributed by atoms with E-state index < -0.39 is 11.9 Å². The molecule has 4 rings (SSSR count). The van der Waals surface area contributed by atoms with Gasteiger partial charge in [-0.3, -0.25) is 19.7 Å². The molecule has 1 aliphatic heterocycles. The molecule has 3 N–H and O–H groups in total. The third-order valence-electron chi connectivity index (χ3n) is 5.40. The molecule has 30 heavy (non-hydrogen) atoms. The van der Waals surface area contributed by atoms with E-state index in [1.807, 2.05) is 43.3 Å². The van der Waals surface area contributed by atoms with Crippen molar-refractivity contribution in [1.29, 1.82) is 0 Å². The number of carbonyl (C=O) groups excluding carboxylic acids is 3. The van der Waals surface area contributed by atoms with Gasteiger partial charge in [-0.15, -0.1) is 0 Å². The number of benzene rings is 2. The molecule has 0 spiro atoms. The molecule has 3 aromatic rings. The van der Waals surface area contributed by atoms with Crippen molar-refractivity contribution in [2.75, 3.05) is 0 Å². The van der Waals surface area contributed by atoms with Crippen LogP contribution in [0.25, 0.3) is 10.8 Å². The number of hydrogen-bond donors (Lipinski definition) is 3. The smallest absolute Gasteiger partial charge is 0.249 e. The van der Waals surface area contributed by atoms with E-state index in [-0.39, 0.29) is 24.1 Å². The fraction of sp³-hybridized carbons (Fsp3) is 0.261. The van der Waals surface area contributed by atoms with Gasteiger partial charge < -0.3 is 15.0 Å². The number of aromatic hydroxyl groups is 1. The van der Waals surface area contributed by atoms with E-state index in [1.165, 1.54) is 4.57 Å². The van der Waals surface area contributed by atoms with Crippen molar-refractivity contribution >= 4 is 28.5 Å². The van der Waals surface area contributed by atoms with Crippen molar-refractivity contribution in [3.05, 3.63) is 65.4 Å². The van der Waals surface area contributed by atoms with E-state index in [0.717, 1.165) is 22.1 Å². The van der Waals surface area contributed by atoms with E-state index in [2.05, 4.69) is 10.6 Å². The number of aromatic nitrogens is 1.